The molecule has 0 radical (unpaired) electrons. The van der Waals surface area contributed by atoms with Gasteiger partial charge in [0.1, 0.15) is 6.04 Å². The highest BCUT2D eigenvalue weighted by atomic mass is 16.5. The number of methoxy groups -OCH3 is 1. The highest BCUT2D eigenvalue weighted by molar-refractivity contribution is 5.76. The second-order valence-electron chi connectivity index (χ2n) is 5.89. The molecule has 0 spiro atoms. The fourth-order valence-corrected chi connectivity index (χ4v) is 2.86. The molecule has 1 fully saturated rings. The van der Waals surface area contributed by atoms with Gasteiger partial charge in [-0.1, -0.05) is 30.3 Å². The van der Waals surface area contributed by atoms with Crippen molar-refractivity contribution in [1.82, 2.24) is 9.80 Å². The molecule has 1 aromatic rings. The van der Waals surface area contributed by atoms with Gasteiger partial charge in [-0.25, -0.2) is 0 Å². The predicted octanol–water partition coefficient (Wildman–Crippen LogP) is 2.04. The third-order valence-electron chi connectivity index (χ3n) is 4.21. The molecular weight excluding hydrogens is 290 g/mol. The normalized spacial score (nSPS) is 18.6. The van der Waals surface area contributed by atoms with E-state index in [1.54, 1.807) is 7.11 Å². The van der Waals surface area contributed by atoms with Crippen molar-refractivity contribution in [3.05, 3.63) is 35.9 Å². The van der Waals surface area contributed by atoms with Gasteiger partial charge in [0.25, 0.3) is 0 Å². The lowest BCUT2D eigenvalue weighted by Crippen LogP contribution is -2.53. The van der Waals surface area contributed by atoms with Crippen LogP contribution >= 0.6 is 0 Å². The van der Waals surface area contributed by atoms with Crippen molar-refractivity contribution in [2.75, 3.05) is 33.4 Å². The number of carbonyl (C=O) groups excluding carboxylic acids is 1. The summed E-state index contributed by atoms with van der Waals surface area (Å²) < 4.78 is 5.00. The first-order valence-electron chi connectivity index (χ1n) is 8.19. The zero-order valence-corrected chi connectivity index (χ0v) is 13.8. The Hall–Kier alpha value is -1.90. The molecule has 2 rings (SSSR count). The largest absolute Gasteiger partial charge is 0.385 e. The summed E-state index contributed by atoms with van der Waals surface area (Å²) in [5, 5.41) is 9.44. The summed E-state index contributed by atoms with van der Waals surface area (Å²) in [4.78, 5) is 16.2. The van der Waals surface area contributed by atoms with Crippen LogP contribution in [-0.2, 0) is 16.1 Å². The smallest absolute Gasteiger partial charge is 0.222 e. The Labute approximate surface area is 138 Å². The van der Waals surface area contributed by atoms with Gasteiger partial charge in [-0.3, -0.25) is 9.69 Å². The number of piperazine rings is 1. The van der Waals surface area contributed by atoms with Crippen molar-refractivity contribution in [2.45, 2.75) is 31.8 Å². The van der Waals surface area contributed by atoms with Crippen LogP contribution in [-0.4, -0.2) is 55.1 Å². The summed E-state index contributed by atoms with van der Waals surface area (Å²) in [5.74, 6) is 0.153. The molecule has 1 aromatic carbocycles. The first-order chi connectivity index (χ1) is 11.2. The van der Waals surface area contributed by atoms with Crippen LogP contribution in [0, 0.1) is 11.3 Å². The molecule has 0 N–H and O–H groups in total. The van der Waals surface area contributed by atoms with Crippen LogP contribution in [0.15, 0.2) is 30.3 Å². The molecule has 1 aliphatic rings. The Morgan fingerprint density at radius 1 is 1.30 bits per heavy atom. The van der Waals surface area contributed by atoms with Gasteiger partial charge in [-0.05, 0) is 18.4 Å². The molecule has 124 valence electrons. The van der Waals surface area contributed by atoms with Gasteiger partial charge in [-0.2, -0.15) is 5.26 Å². The second-order valence-corrected chi connectivity index (χ2v) is 5.89. The Balaban J connectivity index is 1.84. The number of hydrogen-bond donors (Lipinski definition) is 0. The van der Waals surface area contributed by atoms with Crippen LogP contribution in [0.3, 0.4) is 0 Å². The molecule has 5 nitrogen and oxygen atoms in total. The number of hydrogen-bond acceptors (Lipinski definition) is 4. The number of unbranched alkanes of at least 4 members (excludes halogenated alkanes) is 1. The summed E-state index contributed by atoms with van der Waals surface area (Å²) in [6.07, 6.45) is 2.28. The number of carbonyl (C=O) groups is 1. The lowest BCUT2D eigenvalue weighted by molar-refractivity contribution is -0.133. The topological polar surface area (TPSA) is 56.6 Å². The van der Waals surface area contributed by atoms with Crippen molar-refractivity contribution in [2.24, 2.45) is 0 Å². The third-order valence-corrected chi connectivity index (χ3v) is 4.21. The molecule has 1 atom stereocenters. The van der Waals surface area contributed by atoms with E-state index in [1.807, 2.05) is 23.1 Å². The van der Waals surface area contributed by atoms with E-state index in [2.05, 4.69) is 23.1 Å². The molecule has 5 heteroatoms. The summed E-state index contributed by atoms with van der Waals surface area (Å²) in [6, 6.07) is 12.3. The van der Waals surface area contributed by atoms with E-state index in [4.69, 9.17) is 4.74 Å². The van der Waals surface area contributed by atoms with Crippen molar-refractivity contribution in [3.8, 4) is 6.07 Å². The number of rotatable bonds is 7. The molecule has 1 amide bonds. The maximum atomic E-state index is 12.2. The van der Waals surface area contributed by atoms with Crippen LogP contribution in [0.2, 0.25) is 0 Å². The fraction of sp³-hybridized carbons (Fsp3) is 0.556. The number of nitriles is 1. The van der Waals surface area contributed by atoms with Gasteiger partial charge in [0, 0.05) is 46.3 Å². The van der Waals surface area contributed by atoms with Gasteiger partial charge in [0.15, 0.2) is 0 Å². The fourth-order valence-electron chi connectivity index (χ4n) is 2.86. The number of benzene rings is 1. The first-order valence-corrected chi connectivity index (χ1v) is 8.19. The molecule has 1 aliphatic heterocycles. The van der Waals surface area contributed by atoms with Crippen molar-refractivity contribution >= 4 is 5.91 Å². The van der Waals surface area contributed by atoms with E-state index in [9.17, 15) is 10.1 Å². The summed E-state index contributed by atoms with van der Waals surface area (Å²) >= 11 is 0. The van der Waals surface area contributed by atoms with E-state index in [0.717, 1.165) is 25.9 Å². The van der Waals surface area contributed by atoms with Crippen molar-refractivity contribution < 1.29 is 9.53 Å². The minimum atomic E-state index is -0.230. The molecule has 0 aliphatic carbocycles. The highest BCUT2D eigenvalue weighted by Gasteiger charge is 2.29. The van der Waals surface area contributed by atoms with E-state index in [1.165, 1.54) is 5.56 Å². The average Bonchev–Trinajstić information content (AvgIpc) is 2.59. The maximum Gasteiger partial charge on any atom is 0.222 e. The highest BCUT2D eigenvalue weighted by Crippen LogP contribution is 2.15. The van der Waals surface area contributed by atoms with Crippen LogP contribution in [0.4, 0.5) is 0 Å². The van der Waals surface area contributed by atoms with Crippen molar-refractivity contribution in [1.29, 1.82) is 5.26 Å². The summed E-state index contributed by atoms with van der Waals surface area (Å²) in [5.41, 5.74) is 1.20. The lowest BCUT2D eigenvalue weighted by atomic mass is 10.1. The van der Waals surface area contributed by atoms with Gasteiger partial charge in [-0.15, -0.1) is 0 Å². The maximum absolute atomic E-state index is 12.2. The number of nitrogens with zero attached hydrogens (tertiary/aromatic N) is 3. The predicted molar refractivity (Wildman–Crippen MR) is 88.6 cm³/mol. The van der Waals surface area contributed by atoms with Crippen LogP contribution in [0.1, 0.15) is 24.8 Å². The minimum Gasteiger partial charge on any atom is -0.385 e. The minimum absolute atomic E-state index is 0.153. The number of ether oxygens (including phenoxy) is 1. The molecule has 0 aromatic heterocycles. The average molecular weight is 315 g/mol. The van der Waals surface area contributed by atoms with Crippen LogP contribution < -0.4 is 0 Å². The summed E-state index contributed by atoms with van der Waals surface area (Å²) in [6.45, 7) is 3.41. The molecule has 1 heterocycles. The second kappa shape index (κ2) is 9.29. The number of amides is 1. The third kappa shape index (κ3) is 5.34. The van der Waals surface area contributed by atoms with E-state index >= 15 is 0 Å². The Bertz CT molecular complexity index is 527. The Kier molecular flexibility index (Phi) is 7.05. The van der Waals surface area contributed by atoms with Gasteiger partial charge in [0.05, 0.1) is 6.07 Å². The SMILES string of the molecule is COCCCCC(=O)N1CCN(Cc2ccccc2)[C@@H](C#N)C1. The van der Waals surface area contributed by atoms with Gasteiger partial charge >= 0.3 is 0 Å². The van der Waals surface area contributed by atoms with Crippen LogP contribution in [0.25, 0.3) is 0 Å². The molecular formula is C18H25N3O2. The molecule has 23 heavy (non-hydrogen) atoms. The van der Waals surface area contributed by atoms with Gasteiger partial charge in [0.2, 0.25) is 5.91 Å². The first kappa shape index (κ1) is 17.5. The van der Waals surface area contributed by atoms with Crippen molar-refractivity contribution in [3.63, 3.8) is 0 Å². The lowest BCUT2D eigenvalue weighted by Gasteiger charge is -2.38. The zero-order chi connectivity index (χ0) is 16.5. The molecule has 0 saturated carbocycles. The van der Waals surface area contributed by atoms with Gasteiger partial charge < -0.3 is 9.64 Å². The zero-order valence-electron chi connectivity index (χ0n) is 13.8. The standard InChI is InChI=1S/C18H25N3O2/c1-23-12-6-5-9-18(22)21-11-10-20(17(13-19)15-21)14-16-7-3-2-4-8-16/h2-4,7-8,17H,5-6,9-12,14-15H2,1H3/t17-/m0/s1. The molecule has 0 unspecified atom stereocenters. The van der Waals surface area contributed by atoms with Crippen LogP contribution in [0.5, 0.6) is 0 Å². The summed E-state index contributed by atoms with van der Waals surface area (Å²) in [7, 11) is 1.67. The molecule has 1 saturated heterocycles. The van der Waals surface area contributed by atoms with E-state index < -0.39 is 0 Å². The quantitative estimate of drug-likeness (QED) is 0.723. The Morgan fingerprint density at radius 3 is 2.78 bits per heavy atom. The molecule has 0 bridgehead atoms. The monoisotopic (exact) mass is 315 g/mol. The van der Waals surface area contributed by atoms with E-state index in [-0.39, 0.29) is 11.9 Å². The van der Waals surface area contributed by atoms with E-state index in [0.29, 0.717) is 26.1 Å². The Morgan fingerprint density at radius 2 is 2.09 bits per heavy atom.